The molecule has 112 valence electrons. The Hall–Kier alpha value is -2.65. The molecule has 3 heteroatoms. The summed E-state index contributed by atoms with van der Waals surface area (Å²) in [6.45, 7) is 1.55. The number of rotatable bonds is 1. The molecule has 1 N–H and O–H groups in total. The van der Waals surface area contributed by atoms with Gasteiger partial charge in [-0.3, -0.25) is 10.1 Å². The van der Waals surface area contributed by atoms with Crippen LogP contribution in [0.1, 0.15) is 21.5 Å². The highest BCUT2D eigenvalue weighted by Crippen LogP contribution is 2.45. The third-order valence-corrected chi connectivity index (χ3v) is 5.06. The summed E-state index contributed by atoms with van der Waals surface area (Å²) in [7, 11) is 0. The monoisotopic (exact) mass is 300 g/mol. The number of hydrogen-bond acceptors (Lipinski definition) is 2. The van der Waals surface area contributed by atoms with Crippen molar-refractivity contribution in [1.29, 1.82) is 0 Å². The largest absolute Gasteiger partial charge is 0.311 e. The second kappa shape index (κ2) is 4.43. The second-order valence-corrected chi connectivity index (χ2v) is 6.20. The highest BCUT2D eigenvalue weighted by Gasteiger charge is 2.53. The number of fused-ring (bicyclic) bond motifs is 4. The van der Waals surface area contributed by atoms with Crippen LogP contribution in [0.2, 0.25) is 0 Å². The van der Waals surface area contributed by atoms with Crippen molar-refractivity contribution in [3.05, 3.63) is 83.4 Å². The van der Waals surface area contributed by atoms with Crippen LogP contribution in [-0.2, 0) is 5.66 Å². The van der Waals surface area contributed by atoms with Gasteiger partial charge in [0.15, 0.2) is 0 Å². The summed E-state index contributed by atoms with van der Waals surface area (Å²) in [6, 6.07) is 22.7. The molecule has 5 rings (SSSR count). The van der Waals surface area contributed by atoms with Gasteiger partial charge >= 0.3 is 0 Å². The zero-order valence-electron chi connectivity index (χ0n) is 12.6. The van der Waals surface area contributed by atoms with Crippen LogP contribution in [0.15, 0.2) is 66.7 Å². The molecule has 0 aromatic heterocycles. The van der Waals surface area contributed by atoms with E-state index in [2.05, 4.69) is 35.6 Å². The van der Waals surface area contributed by atoms with Crippen molar-refractivity contribution in [3.8, 4) is 0 Å². The first-order chi connectivity index (χ1) is 11.3. The summed E-state index contributed by atoms with van der Waals surface area (Å²) in [4.78, 5) is 15.0. The van der Waals surface area contributed by atoms with Crippen LogP contribution >= 0.6 is 0 Å². The molecule has 23 heavy (non-hydrogen) atoms. The van der Waals surface area contributed by atoms with E-state index in [0.717, 1.165) is 35.2 Å². The number of carbonyl (C=O) groups is 1. The summed E-state index contributed by atoms with van der Waals surface area (Å²) in [6.07, 6.45) is 0. The molecule has 0 radical (unpaired) electrons. The number of benzene rings is 3. The maximum atomic E-state index is 13.0. The number of carbonyl (C=O) groups excluding carboxylic acids is 1. The molecule has 1 atom stereocenters. The summed E-state index contributed by atoms with van der Waals surface area (Å²) < 4.78 is 0. The average Bonchev–Trinajstić information content (AvgIpc) is 3.14. The fourth-order valence-corrected chi connectivity index (χ4v) is 4.06. The lowest BCUT2D eigenvalue weighted by Gasteiger charge is -2.33. The van der Waals surface area contributed by atoms with Gasteiger partial charge in [-0.05, 0) is 28.5 Å². The molecule has 0 bridgehead atoms. The van der Waals surface area contributed by atoms with Crippen LogP contribution in [-0.4, -0.2) is 23.9 Å². The van der Waals surface area contributed by atoms with E-state index in [1.807, 2.05) is 41.3 Å². The summed E-state index contributed by atoms with van der Waals surface area (Å²) >= 11 is 0. The van der Waals surface area contributed by atoms with E-state index in [4.69, 9.17) is 0 Å². The Morgan fingerprint density at radius 2 is 1.61 bits per heavy atom. The van der Waals surface area contributed by atoms with Gasteiger partial charge in [0.05, 0.1) is 0 Å². The van der Waals surface area contributed by atoms with E-state index in [-0.39, 0.29) is 5.91 Å². The zero-order chi connectivity index (χ0) is 15.4. The molecule has 0 saturated carbocycles. The molecule has 0 aliphatic carbocycles. The second-order valence-electron chi connectivity index (χ2n) is 6.20. The lowest BCUT2D eigenvalue weighted by Crippen LogP contribution is -2.46. The number of hydrogen-bond donors (Lipinski definition) is 1. The minimum atomic E-state index is -0.516. The molecule has 3 aromatic carbocycles. The van der Waals surface area contributed by atoms with Crippen molar-refractivity contribution in [1.82, 2.24) is 10.2 Å². The Morgan fingerprint density at radius 3 is 2.39 bits per heavy atom. The van der Waals surface area contributed by atoms with Crippen LogP contribution in [0.3, 0.4) is 0 Å². The predicted molar refractivity (Wildman–Crippen MR) is 90.2 cm³/mol. The smallest absolute Gasteiger partial charge is 0.256 e. The lowest BCUT2D eigenvalue weighted by atomic mass is 9.89. The third kappa shape index (κ3) is 1.55. The molecule has 1 fully saturated rings. The first-order valence-electron chi connectivity index (χ1n) is 7.96. The highest BCUT2D eigenvalue weighted by molar-refractivity contribution is 6.04. The topological polar surface area (TPSA) is 32.3 Å². The van der Waals surface area contributed by atoms with Crippen molar-refractivity contribution in [3.63, 3.8) is 0 Å². The van der Waals surface area contributed by atoms with Crippen LogP contribution in [0, 0.1) is 0 Å². The van der Waals surface area contributed by atoms with Crippen molar-refractivity contribution in [2.24, 2.45) is 0 Å². The summed E-state index contributed by atoms with van der Waals surface area (Å²) in [5, 5.41) is 5.89. The van der Waals surface area contributed by atoms with Gasteiger partial charge in [0.25, 0.3) is 5.91 Å². The van der Waals surface area contributed by atoms with E-state index >= 15 is 0 Å². The van der Waals surface area contributed by atoms with Crippen LogP contribution < -0.4 is 5.32 Å². The molecule has 3 nitrogen and oxygen atoms in total. The fourth-order valence-electron chi connectivity index (χ4n) is 4.06. The molecule has 2 aliphatic heterocycles. The summed E-state index contributed by atoms with van der Waals surface area (Å²) in [5.41, 5.74) is 2.50. The Labute approximate surface area is 134 Å². The molecular formula is C20H16N2O. The van der Waals surface area contributed by atoms with Crippen molar-refractivity contribution >= 4 is 16.7 Å². The van der Waals surface area contributed by atoms with Crippen molar-refractivity contribution in [2.75, 3.05) is 13.1 Å². The molecule has 0 spiro atoms. The van der Waals surface area contributed by atoms with Gasteiger partial charge in [-0.25, -0.2) is 0 Å². The minimum Gasteiger partial charge on any atom is -0.311 e. The number of amides is 1. The average molecular weight is 300 g/mol. The number of nitrogens with zero attached hydrogens (tertiary/aromatic N) is 1. The zero-order valence-corrected chi connectivity index (χ0v) is 12.6. The first-order valence-corrected chi connectivity index (χ1v) is 7.96. The van der Waals surface area contributed by atoms with E-state index < -0.39 is 5.66 Å². The Bertz CT molecular complexity index is 935. The van der Waals surface area contributed by atoms with E-state index in [1.54, 1.807) is 0 Å². The van der Waals surface area contributed by atoms with Crippen LogP contribution in [0.25, 0.3) is 10.8 Å². The Kier molecular flexibility index (Phi) is 2.48. The third-order valence-electron chi connectivity index (χ3n) is 5.06. The van der Waals surface area contributed by atoms with Gasteiger partial charge in [-0.2, -0.15) is 0 Å². The van der Waals surface area contributed by atoms with Crippen LogP contribution in [0.4, 0.5) is 0 Å². The normalized spacial score (nSPS) is 22.4. The van der Waals surface area contributed by atoms with E-state index in [9.17, 15) is 4.79 Å². The Morgan fingerprint density at radius 1 is 0.913 bits per heavy atom. The SMILES string of the molecule is O=C1c2cc3ccccc3cc2C2(c3ccccc3)NCCN12. The van der Waals surface area contributed by atoms with Crippen molar-refractivity contribution in [2.45, 2.75) is 5.66 Å². The van der Waals surface area contributed by atoms with E-state index in [1.165, 1.54) is 5.39 Å². The van der Waals surface area contributed by atoms with Gasteiger partial charge < -0.3 is 4.90 Å². The molecule has 3 aromatic rings. The highest BCUT2D eigenvalue weighted by atomic mass is 16.2. The molecular weight excluding hydrogens is 284 g/mol. The van der Waals surface area contributed by atoms with Gasteiger partial charge in [0.1, 0.15) is 5.66 Å². The molecule has 2 aliphatic rings. The quantitative estimate of drug-likeness (QED) is 0.749. The minimum absolute atomic E-state index is 0.125. The van der Waals surface area contributed by atoms with Gasteiger partial charge in [0, 0.05) is 24.2 Å². The van der Waals surface area contributed by atoms with Crippen LogP contribution in [0.5, 0.6) is 0 Å². The molecule has 1 unspecified atom stereocenters. The van der Waals surface area contributed by atoms with Gasteiger partial charge in [0.2, 0.25) is 0 Å². The van der Waals surface area contributed by atoms with E-state index in [0.29, 0.717) is 0 Å². The van der Waals surface area contributed by atoms with Gasteiger partial charge in [-0.15, -0.1) is 0 Å². The van der Waals surface area contributed by atoms with Gasteiger partial charge in [-0.1, -0.05) is 54.6 Å². The maximum absolute atomic E-state index is 13.0. The molecule has 1 saturated heterocycles. The Balaban J connectivity index is 1.86. The summed E-state index contributed by atoms with van der Waals surface area (Å²) in [5.74, 6) is 0.125. The van der Waals surface area contributed by atoms with Crippen molar-refractivity contribution < 1.29 is 4.79 Å². The molecule has 2 heterocycles. The predicted octanol–water partition coefficient (Wildman–Crippen LogP) is 3.10. The standard InChI is InChI=1S/C20H16N2O/c23-19-17-12-14-6-4-5-7-15(14)13-18(17)20(21-10-11-22(19)20)16-8-2-1-3-9-16/h1-9,12-13,21H,10-11H2. The lowest BCUT2D eigenvalue weighted by molar-refractivity contribution is 0.0694. The number of nitrogens with one attached hydrogen (secondary N) is 1. The molecule has 1 amide bonds. The first kappa shape index (κ1) is 12.9. The fraction of sp³-hybridized carbons (Fsp3) is 0.150. The maximum Gasteiger partial charge on any atom is 0.256 e.